The van der Waals surface area contributed by atoms with Crippen molar-refractivity contribution < 1.29 is 4.79 Å². The highest BCUT2D eigenvalue weighted by Crippen LogP contribution is 2.28. The maximum absolute atomic E-state index is 12.3. The average molecular weight is 250 g/mol. The molecule has 5 heteroatoms. The van der Waals surface area contributed by atoms with Crippen LogP contribution in [-0.4, -0.2) is 38.7 Å². The minimum absolute atomic E-state index is 0.231. The van der Waals surface area contributed by atoms with Gasteiger partial charge in [-0.3, -0.25) is 4.79 Å². The smallest absolute Gasteiger partial charge is 0.227 e. The highest BCUT2D eigenvalue weighted by Gasteiger charge is 2.32. The van der Waals surface area contributed by atoms with Gasteiger partial charge in [-0.05, 0) is 12.8 Å². The van der Waals surface area contributed by atoms with Crippen molar-refractivity contribution in [2.24, 2.45) is 12.5 Å². The molecule has 0 spiro atoms. The Balaban J connectivity index is 2.10. The Labute approximate surface area is 108 Å². The molecule has 1 aromatic heterocycles. The van der Waals surface area contributed by atoms with Gasteiger partial charge in [-0.1, -0.05) is 20.8 Å². The van der Waals surface area contributed by atoms with Crippen LogP contribution in [-0.2, 0) is 11.8 Å². The third kappa shape index (κ3) is 2.54. The number of carbonyl (C=O) groups excluding carboxylic acids is 1. The van der Waals surface area contributed by atoms with E-state index in [0.717, 1.165) is 31.8 Å². The van der Waals surface area contributed by atoms with Gasteiger partial charge in [-0.25, -0.2) is 0 Å². The van der Waals surface area contributed by atoms with Gasteiger partial charge in [0.05, 0.1) is 0 Å². The lowest BCUT2D eigenvalue weighted by atomic mass is 9.91. The molecular weight excluding hydrogens is 228 g/mol. The molecule has 0 bridgehead atoms. The van der Waals surface area contributed by atoms with E-state index in [4.69, 9.17) is 0 Å². The summed E-state index contributed by atoms with van der Waals surface area (Å²) in [5, 5.41) is 8.10. The molecule has 1 atom stereocenters. The molecule has 1 saturated heterocycles. The number of hydrogen-bond donors (Lipinski definition) is 0. The van der Waals surface area contributed by atoms with E-state index in [1.165, 1.54) is 0 Å². The molecular formula is C13H22N4O. The number of amides is 1. The van der Waals surface area contributed by atoms with E-state index in [0.29, 0.717) is 5.92 Å². The van der Waals surface area contributed by atoms with Crippen molar-refractivity contribution in [3.05, 3.63) is 12.2 Å². The van der Waals surface area contributed by atoms with E-state index in [2.05, 4.69) is 10.2 Å². The Morgan fingerprint density at radius 3 is 2.72 bits per heavy atom. The molecule has 2 rings (SSSR count). The molecule has 1 unspecified atom stereocenters. The van der Waals surface area contributed by atoms with E-state index >= 15 is 0 Å². The second kappa shape index (κ2) is 4.71. The van der Waals surface area contributed by atoms with Gasteiger partial charge in [-0.15, -0.1) is 10.2 Å². The van der Waals surface area contributed by atoms with E-state index in [1.54, 1.807) is 6.33 Å². The molecule has 1 amide bonds. The number of hydrogen-bond acceptors (Lipinski definition) is 3. The molecule has 0 aliphatic carbocycles. The van der Waals surface area contributed by atoms with Crippen LogP contribution in [0, 0.1) is 5.41 Å². The van der Waals surface area contributed by atoms with Crippen LogP contribution < -0.4 is 0 Å². The number of aromatic nitrogens is 3. The fourth-order valence-electron chi connectivity index (χ4n) is 2.51. The molecule has 1 aliphatic heterocycles. The molecule has 1 aliphatic rings. The molecule has 18 heavy (non-hydrogen) atoms. The number of carbonyl (C=O) groups is 1. The fraction of sp³-hybridized carbons (Fsp3) is 0.769. The summed E-state index contributed by atoms with van der Waals surface area (Å²) in [5.41, 5.74) is -0.304. The third-order valence-corrected chi connectivity index (χ3v) is 3.46. The van der Waals surface area contributed by atoms with Crippen LogP contribution in [0.3, 0.4) is 0 Å². The Morgan fingerprint density at radius 2 is 2.17 bits per heavy atom. The minimum Gasteiger partial charge on any atom is -0.342 e. The first-order valence-electron chi connectivity index (χ1n) is 6.53. The fourth-order valence-corrected chi connectivity index (χ4v) is 2.51. The zero-order chi connectivity index (χ0) is 13.3. The summed E-state index contributed by atoms with van der Waals surface area (Å²) in [7, 11) is 1.96. The monoisotopic (exact) mass is 250 g/mol. The normalized spacial score (nSPS) is 21.1. The van der Waals surface area contributed by atoms with Crippen molar-refractivity contribution in [2.75, 3.05) is 13.1 Å². The largest absolute Gasteiger partial charge is 0.342 e. The standard InChI is InChI=1S/C13H22N4O/c1-13(2,3)12(18)17-7-5-6-10(8-17)11-15-14-9-16(11)4/h9-10H,5-8H2,1-4H3. The van der Waals surface area contributed by atoms with Gasteiger partial charge in [0.2, 0.25) is 5.91 Å². The predicted octanol–water partition coefficient (Wildman–Crippen LogP) is 1.57. The van der Waals surface area contributed by atoms with Crippen molar-refractivity contribution >= 4 is 5.91 Å². The van der Waals surface area contributed by atoms with Crippen LogP contribution in [0.4, 0.5) is 0 Å². The van der Waals surface area contributed by atoms with Crippen LogP contribution in [0.1, 0.15) is 45.4 Å². The maximum atomic E-state index is 12.3. The van der Waals surface area contributed by atoms with Crippen molar-refractivity contribution in [3.63, 3.8) is 0 Å². The first-order chi connectivity index (χ1) is 8.39. The topological polar surface area (TPSA) is 51.0 Å². The van der Waals surface area contributed by atoms with Gasteiger partial charge < -0.3 is 9.47 Å². The molecule has 100 valence electrons. The van der Waals surface area contributed by atoms with Gasteiger partial charge in [0.25, 0.3) is 0 Å². The van der Waals surface area contributed by atoms with Crippen LogP contribution in [0.2, 0.25) is 0 Å². The molecule has 1 fully saturated rings. The Kier molecular flexibility index (Phi) is 3.41. The summed E-state index contributed by atoms with van der Waals surface area (Å²) in [6.45, 7) is 7.55. The summed E-state index contributed by atoms with van der Waals surface area (Å²) < 4.78 is 1.95. The Bertz CT molecular complexity index is 432. The quantitative estimate of drug-likeness (QED) is 0.760. The van der Waals surface area contributed by atoms with Crippen molar-refractivity contribution in [1.82, 2.24) is 19.7 Å². The van der Waals surface area contributed by atoms with Gasteiger partial charge >= 0.3 is 0 Å². The zero-order valence-electron chi connectivity index (χ0n) is 11.7. The number of rotatable bonds is 1. The van der Waals surface area contributed by atoms with Crippen molar-refractivity contribution in [1.29, 1.82) is 0 Å². The second-order valence-corrected chi connectivity index (χ2v) is 6.14. The number of likely N-dealkylation sites (tertiary alicyclic amines) is 1. The van der Waals surface area contributed by atoms with Crippen LogP contribution in [0.5, 0.6) is 0 Å². The third-order valence-electron chi connectivity index (χ3n) is 3.46. The SMILES string of the molecule is Cn1cnnc1C1CCCN(C(=O)C(C)(C)C)C1. The molecule has 2 heterocycles. The summed E-state index contributed by atoms with van der Waals surface area (Å²) in [6, 6.07) is 0. The molecule has 0 radical (unpaired) electrons. The molecule has 0 saturated carbocycles. The van der Waals surface area contributed by atoms with E-state index in [9.17, 15) is 4.79 Å². The van der Waals surface area contributed by atoms with E-state index < -0.39 is 0 Å². The van der Waals surface area contributed by atoms with Gasteiger partial charge in [-0.2, -0.15) is 0 Å². The summed E-state index contributed by atoms with van der Waals surface area (Å²) in [4.78, 5) is 14.3. The van der Waals surface area contributed by atoms with Crippen LogP contribution in [0.15, 0.2) is 6.33 Å². The van der Waals surface area contributed by atoms with Crippen LogP contribution >= 0.6 is 0 Å². The molecule has 5 nitrogen and oxygen atoms in total. The lowest BCUT2D eigenvalue weighted by Crippen LogP contribution is -2.45. The Morgan fingerprint density at radius 1 is 1.44 bits per heavy atom. The maximum Gasteiger partial charge on any atom is 0.227 e. The Hall–Kier alpha value is -1.39. The first-order valence-corrected chi connectivity index (χ1v) is 6.53. The van der Waals surface area contributed by atoms with Gasteiger partial charge in [0, 0.05) is 31.5 Å². The van der Waals surface area contributed by atoms with Gasteiger partial charge in [0.15, 0.2) is 0 Å². The summed E-state index contributed by atoms with van der Waals surface area (Å²) >= 11 is 0. The van der Waals surface area contributed by atoms with E-state index in [1.807, 2.05) is 37.3 Å². The van der Waals surface area contributed by atoms with Crippen LogP contribution in [0.25, 0.3) is 0 Å². The van der Waals surface area contributed by atoms with E-state index in [-0.39, 0.29) is 11.3 Å². The predicted molar refractivity (Wildman–Crippen MR) is 69.0 cm³/mol. The zero-order valence-corrected chi connectivity index (χ0v) is 11.7. The lowest BCUT2D eigenvalue weighted by molar-refractivity contribution is -0.140. The number of piperidine rings is 1. The van der Waals surface area contributed by atoms with Crippen molar-refractivity contribution in [3.8, 4) is 0 Å². The summed E-state index contributed by atoms with van der Waals surface area (Å²) in [6.07, 6.45) is 3.85. The average Bonchev–Trinajstić information content (AvgIpc) is 2.73. The lowest BCUT2D eigenvalue weighted by Gasteiger charge is -2.36. The van der Waals surface area contributed by atoms with Gasteiger partial charge in [0.1, 0.15) is 12.2 Å². The summed E-state index contributed by atoms with van der Waals surface area (Å²) in [5.74, 6) is 1.54. The number of nitrogens with zero attached hydrogens (tertiary/aromatic N) is 4. The highest BCUT2D eigenvalue weighted by molar-refractivity contribution is 5.81. The minimum atomic E-state index is -0.304. The highest BCUT2D eigenvalue weighted by atomic mass is 16.2. The molecule has 0 N–H and O–H groups in total. The first kappa shape index (κ1) is 13.1. The van der Waals surface area contributed by atoms with Crippen molar-refractivity contribution in [2.45, 2.75) is 39.5 Å². The molecule has 1 aromatic rings. The number of aryl methyl sites for hydroxylation is 1. The molecule has 0 aromatic carbocycles. The second-order valence-electron chi connectivity index (χ2n) is 6.14.